The molecule has 0 aliphatic heterocycles. The Hall–Kier alpha value is -3.38. The van der Waals surface area contributed by atoms with E-state index in [1.807, 2.05) is 0 Å². The molecule has 1 rings (SSSR count). The zero-order chi connectivity index (χ0) is 17.0. The highest BCUT2D eigenvalue weighted by Crippen LogP contribution is 2.44. The molecule has 0 radical (unpaired) electrons. The topological polar surface area (TPSA) is 165 Å². The van der Waals surface area contributed by atoms with Gasteiger partial charge in [0.25, 0.3) is 5.69 Å². The van der Waals surface area contributed by atoms with Crippen LogP contribution in [-0.4, -0.2) is 27.8 Å². The van der Waals surface area contributed by atoms with Crippen LogP contribution in [0.2, 0.25) is 0 Å². The molecule has 0 saturated heterocycles. The first-order valence-corrected chi connectivity index (χ1v) is 5.22. The molecule has 0 spiro atoms. The van der Waals surface area contributed by atoms with Gasteiger partial charge < -0.3 is 9.47 Å². The van der Waals surface area contributed by atoms with E-state index in [0.29, 0.717) is 6.07 Å². The summed E-state index contributed by atoms with van der Waals surface area (Å²) >= 11 is 0. The second-order valence-electron chi connectivity index (χ2n) is 3.59. The van der Waals surface area contributed by atoms with Gasteiger partial charge in [0.1, 0.15) is 6.07 Å². The summed E-state index contributed by atoms with van der Waals surface area (Å²) < 4.78 is 19.9. The maximum absolute atomic E-state index is 11.8. The van der Waals surface area contributed by atoms with Gasteiger partial charge in [-0.1, -0.05) is 0 Å². The van der Waals surface area contributed by atoms with Crippen LogP contribution in [0.25, 0.3) is 0 Å². The molecule has 1 aromatic rings. The lowest BCUT2D eigenvalue weighted by Crippen LogP contribution is -2.13. The molecule has 0 aromatic heterocycles. The van der Waals surface area contributed by atoms with Crippen LogP contribution in [0.3, 0.4) is 0 Å². The predicted molar refractivity (Wildman–Crippen MR) is 64.2 cm³/mol. The average Bonchev–Trinajstić information content (AvgIpc) is 2.39. The van der Waals surface area contributed by atoms with Gasteiger partial charge in [-0.25, -0.2) is 9.18 Å². The van der Waals surface area contributed by atoms with Gasteiger partial charge in [0.15, 0.2) is 0 Å². The van der Waals surface area contributed by atoms with Crippen molar-refractivity contribution in [1.82, 2.24) is 0 Å². The minimum Gasteiger partial charge on any atom is -0.402 e. The molecule has 12 nitrogen and oxygen atoms in total. The van der Waals surface area contributed by atoms with Crippen molar-refractivity contribution in [2.24, 2.45) is 0 Å². The number of ether oxygens (including phenoxy) is 2. The third-order valence-corrected chi connectivity index (χ3v) is 2.39. The van der Waals surface area contributed by atoms with Crippen molar-refractivity contribution in [3.63, 3.8) is 0 Å². The molecule has 0 bridgehead atoms. The summed E-state index contributed by atoms with van der Waals surface area (Å²) in [6.45, 7) is -0.657. The molecule has 0 heterocycles. The molecule has 0 N–H and O–H groups in total. The highest BCUT2D eigenvalue weighted by atomic mass is 19.1. The molecule has 0 unspecified atom stereocenters. The number of carbonyl (C=O) groups is 1. The summed E-state index contributed by atoms with van der Waals surface area (Å²) in [5.41, 5.74) is -3.97. The Balaban J connectivity index is 3.67. The summed E-state index contributed by atoms with van der Waals surface area (Å²) in [5.74, 6) is -1.07. The first kappa shape index (κ1) is 16.7. The smallest absolute Gasteiger partial charge is 0.402 e. The maximum Gasteiger partial charge on any atom is 0.516 e. The lowest BCUT2D eigenvalue weighted by atomic mass is 10.1. The molecular formula is C9H6FN3O9. The first-order chi connectivity index (χ1) is 10.2. The van der Waals surface area contributed by atoms with Crippen LogP contribution in [0, 0.1) is 37.3 Å². The fraction of sp³-hybridized carbons (Fsp3) is 0.222. The highest BCUT2D eigenvalue weighted by Gasteiger charge is 2.38. The molecule has 22 heavy (non-hydrogen) atoms. The Bertz CT molecular complexity index is 675. The molecular weight excluding hydrogens is 313 g/mol. The van der Waals surface area contributed by atoms with Gasteiger partial charge in [-0.3, -0.25) is 30.3 Å². The fourth-order valence-corrected chi connectivity index (χ4v) is 1.50. The molecule has 0 amide bonds. The number of nitrogens with zero attached hydrogens (tertiary/aromatic N) is 3. The molecule has 0 fully saturated rings. The number of carbonyl (C=O) groups excluding carboxylic acids is 1. The van der Waals surface area contributed by atoms with E-state index in [2.05, 4.69) is 9.47 Å². The minimum absolute atomic E-state index is 0.362. The van der Waals surface area contributed by atoms with E-state index in [1.165, 1.54) is 0 Å². The lowest BCUT2D eigenvalue weighted by molar-refractivity contribution is -0.425. The van der Waals surface area contributed by atoms with Gasteiger partial charge in [0.05, 0.1) is 20.3 Å². The first-order valence-electron chi connectivity index (χ1n) is 5.22. The monoisotopic (exact) mass is 319 g/mol. The van der Waals surface area contributed by atoms with Gasteiger partial charge >= 0.3 is 17.5 Å². The van der Waals surface area contributed by atoms with Crippen molar-refractivity contribution in [3.05, 3.63) is 42.0 Å². The van der Waals surface area contributed by atoms with Crippen LogP contribution in [-0.2, 0) is 4.74 Å². The Morgan fingerprint density at radius 3 is 2.09 bits per heavy atom. The summed E-state index contributed by atoms with van der Waals surface area (Å²) in [4.78, 5) is 40.1. The SMILES string of the molecule is Cc1c([N+](=O)[O-])cc([N+](=O)[O-])c([N+](=O)[O-])c1OC(=O)OCF. The summed E-state index contributed by atoms with van der Waals surface area (Å²) in [6, 6.07) is 0.362. The van der Waals surface area contributed by atoms with Gasteiger partial charge in [-0.15, -0.1) is 0 Å². The Morgan fingerprint density at radius 1 is 1.14 bits per heavy atom. The van der Waals surface area contributed by atoms with Gasteiger partial charge in [-0.05, 0) is 6.92 Å². The number of hydrogen-bond acceptors (Lipinski definition) is 9. The number of nitro groups is 3. The Labute approximate surface area is 119 Å². The Kier molecular flexibility index (Phi) is 4.84. The van der Waals surface area contributed by atoms with E-state index in [1.54, 1.807) is 0 Å². The third kappa shape index (κ3) is 3.20. The van der Waals surface area contributed by atoms with Crippen LogP contribution in [0.1, 0.15) is 5.56 Å². The molecule has 0 saturated carbocycles. The second kappa shape index (κ2) is 6.38. The van der Waals surface area contributed by atoms with E-state index in [-0.39, 0.29) is 0 Å². The zero-order valence-corrected chi connectivity index (χ0v) is 10.7. The predicted octanol–water partition coefficient (Wildman–Crippen LogP) is 2.16. The second-order valence-corrected chi connectivity index (χ2v) is 3.59. The van der Waals surface area contributed by atoms with Crippen LogP contribution in [0.4, 0.5) is 26.2 Å². The molecule has 0 aliphatic rings. The van der Waals surface area contributed by atoms with Crippen LogP contribution >= 0.6 is 0 Å². The summed E-state index contributed by atoms with van der Waals surface area (Å²) in [6.07, 6.45) is -1.75. The number of halogens is 1. The summed E-state index contributed by atoms with van der Waals surface area (Å²) in [5, 5.41) is 32.6. The van der Waals surface area contributed by atoms with Crippen LogP contribution < -0.4 is 4.74 Å². The standard InChI is InChI=1S/C9H6FN3O9/c1-4-5(11(15)16)2-6(12(17)18)7(13(19)20)8(4)22-9(14)21-3-10/h2H,3H2,1H3. The Morgan fingerprint density at radius 2 is 1.68 bits per heavy atom. The van der Waals surface area contributed by atoms with Crippen LogP contribution in [0.5, 0.6) is 5.75 Å². The number of benzene rings is 1. The largest absolute Gasteiger partial charge is 0.516 e. The van der Waals surface area contributed by atoms with Gasteiger partial charge in [0, 0.05) is 0 Å². The number of nitro benzene ring substituents is 3. The van der Waals surface area contributed by atoms with Crippen molar-refractivity contribution in [2.75, 3.05) is 6.86 Å². The quantitative estimate of drug-likeness (QED) is 0.342. The van der Waals surface area contributed by atoms with Crippen molar-refractivity contribution in [3.8, 4) is 5.75 Å². The lowest BCUT2D eigenvalue weighted by Gasteiger charge is -2.07. The maximum atomic E-state index is 11.8. The molecule has 1 aromatic carbocycles. The van der Waals surface area contributed by atoms with E-state index in [4.69, 9.17) is 0 Å². The van der Waals surface area contributed by atoms with E-state index >= 15 is 0 Å². The number of alkyl halides is 1. The minimum atomic E-state index is -1.75. The molecule has 0 atom stereocenters. The van der Waals surface area contributed by atoms with E-state index in [9.17, 15) is 39.5 Å². The van der Waals surface area contributed by atoms with Crippen molar-refractivity contribution < 1.29 is 33.4 Å². The highest BCUT2D eigenvalue weighted by molar-refractivity contribution is 5.75. The van der Waals surface area contributed by atoms with Gasteiger partial charge in [0.2, 0.25) is 12.6 Å². The average molecular weight is 319 g/mol. The van der Waals surface area contributed by atoms with Gasteiger partial charge in [-0.2, -0.15) is 0 Å². The molecule has 13 heteroatoms. The fourth-order valence-electron chi connectivity index (χ4n) is 1.50. The van der Waals surface area contributed by atoms with E-state index in [0.717, 1.165) is 6.92 Å². The number of hydrogen-bond donors (Lipinski definition) is 0. The molecule has 118 valence electrons. The van der Waals surface area contributed by atoms with Crippen LogP contribution in [0.15, 0.2) is 6.07 Å². The third-order valence-electron chi connectivity index (χ3n) is 2.39. The van der Waals surface area contributed by atoms with Crippen molar-refractivity contribution in [1.29, 1.82) is 0 Å². The summed E-state index contributed by atoms with van der Waals surface area (Å²) in [7, 11) is 0. The van der Waals surface area contributed by atoms with E-state index < -0.39 is 56.2 Å². The van der Waals surface area contributed by atoms with Crippen molar-refractivity contribution in [2.45, 2.75) is 6.92 Å². The number of rotatable bonds is 5. The van der Waals surface area contributed by atoms with Crippen molar-refractivity contribution >= 4 is 23.2 Å². The molecule has 0 aliphatic carbocycles. The normalized spacial score (nSPS) is 9.91. The zero-order valence-electron chi connectivity index (χ0n) is 10.7.